The number of nitrogens with one attached hydrogen (secondary N) is 1. The predicted molar refractivity (Wildman–Crippen MR) is 133 cm³/mol. The van der Waals surface area contributed by atoms with Gasteiger partial charge < -0.3 is 5.32 Å². The summed E-state index contributed by atoms with van der Waals surface area (Å²) in [5.74, 6) is -0.273. The third-order valence-electron chi connectivity index (χ3n) is 6.42. The summed E-state index contributed by atoms with van der Waals surface area (Å²) in [7, 11) is 0. The molecule has 2 aliphatic rings. The highest BCUT2D eigenvalue weighted by Crippen LogP contribution is 2.41. The molecule has 1 aliphatic carbocycles. The van der Waals surface area contributed by atoms with Crippen LogP contribution in [0, 0.1) is 11.8 Å². The molecule has 2 aromatic carbocycles. The summed E-state index contributed by atoms with van der Waals surface area (Å²) in [5, 5.41) is 2.91. The Morgan fingerprint density at radius 1 is 1.09 bits per heavy atom. The minimum Gasteiger partial charge on any atom is -0.325 e. The molecule has 3 amide bonds. The second kappa shape index (κ2) is 9.27. The average molecular weight is 480 g/mol. The summed E-state index contributed by atoms with van der Waals surface area (Å²) in [6.07, 6.45) is 4.60. The van der Waals surface area contributed by atoms with Crippen LogP contribution < -0.4 is 10.2 Å². The van der Waals surface area contributed by atoms with Gasteiger partial charge in [-0.3, -0.25) is 19.3 Å². The Morgan fingerprint density at radius 2 is 1.79 bits per heavy atom. The minimum atomic E-state index is -0.161. The van der Waals surface area contributed by atoms with E-state index < -0.39 is 0 Å². The van der Waals surface area contributed by atoms with Crippen molar-refractivity contribution in [2.24, 2.45) is 11.8 Å². The van der Waals surface area contributed by atoms with E-state index in [0.29, 0.717) is 5.69 Å². The maximum atomic E-state index is 12.9. The Balaban J connectivity index is 1.26. The Morgan fingerprint density at radius 3 is 2.45 bits per heavy atom. The van der Waals surface area contributed by atoms with E-state index in [0.717, 1.165) is 52.3 Å². The number of thioether (sulfide) groups is 1. The van der Waals surface area contributed by atoms with Crippen LogP contribution in [0.2, 0.25) is 0 Å². The van der Waals surface area contributed by atoms with Crippen LogP contribution in [0.1, 0.15) is 38.2 Å². The van der Waals surface area contributed by atoms with Gasteiger partial charge in [0.1, 0.15) is 0 Å². The standard InChI is InChI=1S/C25H25N3O3S2/c1-2-15-7-9-16(10-8-15)26-22(29)14-32-25-27-20-12-11-17(13-21(20)33-25)28-23(30)18-5-3-4-6-19(18)24(28)31/h7-13,18-19H,2-6,14H2,1H3,(H,26,29)/t18-,19-/m1/s1. The van der Waals surface area contributed by atoms with Gasteiger partial charge in [-0.2, -0.15) is 0 Å². The zero-order chi connectivity index (χ0) is 22.9. The molecular weight excluding hydrogens is 454 g/mol. The quantitative estimate of drug-likeness (QED) is 0.385. The smallest absolute Gasteiger partial charge is 0.237 e. The first-order valence-electron chi connectivity index (χ1n) is 11.3. The zero-order valence-electron chi connectivity index (χ0n) is 18.4. The highest BCUT2D eigenvalue weighted by molar-refractivity contribution is 8.01. The van der Waals surface area contributed by atoms with E-state index in [-0.39, 0.29) is 35.3 Å². The van der Waals surface area contributed by atoms with Crippen LogP contribution in [0.3, 0.4) is 0 Å². The van der Waals surface area contributed by atoms with E-state index in [1.807, 2.05) is 36.4 Å². The van der Waals surface area contributed by atoms with Gasteiger partial charge in [0.2, 0.25) is 17.7 Å². The Hall–Kier alpha value is -2.71. The van der Waals surface area contributed by atoms with Crippen molar-refractivity contribution in [1.29, 1.82) is 0 Å². The van der Waals surface area contributed by atoms with Crippen molar-refractivity contribution in [2.45, 2.75) is 43.4 Å². The largest absolute Gasteiger partial charge is 0.325 e. The number of anilines is 2. The van der Waals surface area contributed by atoms with Crippen LogP contribution in [0.25, 0.3) is 10.2 Å². The van der Waals surface area contributed by atoms with Gasteiger partial charge in [0, 0.05) is 5.69 Å². The van der Waals surface area contributed by atoms with E-state index in [1.54, 1.807) is 6.07 Å². The predicted octanol–water partition coefficient (Wildman–Crippen LogP) is 5.27. The van der Waals surface area contributed by atoms with Crippen molar-refractivity contribution >= 4 is 62.4 Å². The monoisotopic (exact) mass is 479 g/mol. The number of carbonyl (C=O) groups excluding carboxylic acids is 3. The summed E-state index contributed by atoms with van der Waals surface area (Å²) < 4.78 is 1.69. The number of imide groups is 1. The number of thiazole rings is 1. The number of hydrogen-bond donors (Lipinski definition) is 1. The lowest BCUT2D eigenvalue weighted by Gasteiger charge is -2.19. The summed E-state index contributed by atoms with van der Waals surface area (Å²) in [4.78, 5) is 44.1. The number of fused-ring (bicyclic) bond motifs is 2. The zero-order valence-corrected chi connectivity index (χ0v) is 20.0. The molecule has 33 heavy (non-hydrogen) atoms. The topological polar surface area (TPSA) is 79.4 Å². The van der Waals surface area contributed by atoms with Crippen molar-refractivity contribution in [2.75, 3.05) is 16.0 Å². The highest BCUT2D eigenvalue weighted by Gasteiger charge is 2.48. The number of nitrogens with zero attached hydrogens (tertiary/aromatic N) is 2. The molecule has 5 rings (SSSR count). The fourth-order valence-electron chi connectivity index (χ4n) is 4.66. The molecule has 2 heterocycles. The number of aryl methyl sites for hydroxylation is 1. The molecule has 1 aliphatic heterocycles. The normalized spacial score (nSPS) is 20.3. The van der Waals surface area contributed by atoms with Crippen molar-refractivity contribution in [3.8, 4) is 0 Å². The third kappa shape index (κ3) is 4.42. The molecule has 2 fully saturated rings. The van der Waals surface area contributed by atoms with Crippen molar-refractivity contribution < 1.29 is 14.4 Å². The van der Waals surface area contributed by atoms with E-state index >= 15 is 0 Å². The fourth-order valence-corrected chi connectivity index (χ4v) is 6.56. The molecule has 1 aromatic heterocycles. The third-order valence-corrected chi connectivity index (χ3v) is 8.59. The summed E-state index contributed by atoms with van der Waals surface area (Å²) >= 11 is 2.86. The van der Waals surface area contributed by atoms with Crippen LogP contribution >= 0.6 is 23.1 Å². The second-order valence-corrected chi connectivity index (χ2v) is 10.8. The highest BCUT2D eigenvalue weighted by atomic mass is 32.2. The molecule has 170 valence electrons. The van der Waals surface area contributed by atoms with Crippen LogP contribution in [-0.4, -0.2) is 28.5 Å². The Kier molecular flexibility index (Phi) is 6.21. The van der Waals surface area contributed by atoms with E-state index in [2.05, 4.69) is 17.2 Å². The van der Waals surface area contributed by atoms with Crippen LogP contribution in [0.5, 0.6) is 0 Å². The van der Waals surface area contributed by atoms with Gasteiger partial charge in [0.15, 0.2) is 4.34 Å². The molecule has 0 bridgehead atoms. The molecule has 0 spiro atoms. The van der Waals surface area contributed by atoms with Crippen LogP contribution in [0.15, 0.2) is 46.8 Å². The summed E-state index contributed by atoms with van der Waals surface area (Å²) in [6, 6.07) is 13.4. The van der Waals surface area contributed by atoms with Crippen molar-refractivity contribution in [3.05, 3.63) is 48.0 Å². The molecule has 1 N–H and O–H groups in total. The molecule has 6 nitrogen and oxygen atoms in total. The van der Waals surface area contributed by atoms with Crippen molar-refractivity contribution in [3.63, 3.8) is 0 Å². The summed E-state index contributed by atoms with van der Waals surface area (Å²) in [6.45, 7) is 2.10. The minimum absolute atomic E-state index is 0.0631. The number of rotatable bonds is 6. The van der Waals surface area contributed by atoms with Gasteiger partial charge in [-0.05, 0) is 55.2 Å². The van der Waals surface area contributed by atoms with Gasteiger partial charge in [-0.15, -0.1) is 11.3 Å². The molecule has 2 atom stereocenters. The van der Waals surface area contributed by atoms with Gasteiger partial charge in [-0.1, -0.05) is 43.7 Å². The maximum absolute atomic E-state index is 12.9. The molecule has 0 unspecified atom stereocenters. The van der Waals surface area contributed by atoms with Gasteiger partial charge in [0.05, 0.1) is 33.5 Å². The van der Waals surface area contributed by atoms with E-state index in [4.69, 9.17) is 0 Å². The number of amides is 3. The molecule has 3 aromatic rings. The maximum Gasteiger partial charge on any atom is 0.237 e. The first-order valence-corrected chi connectivity index (χ1v) is 13.1. The Labute approximate surface area is 200 Å². The SMILES string of the molecule is CCc1ccc(NC(=O)CSc2nc3ccc(N4C(=O)[C@@H]5CCCC[C@H]5C4=O)cc3s2)cc1. The fraction of sp³-hybridized carbons (Fsp3) is 0.360. The van der Waals surface area contributed by atoms with Gasteiger partial charge in [-0.25, -0.2) is 4.98 Å². The van der Waals surface area contributed by atoms with Crippen LogP contribution in [0.4, 0.5) is 11.4 Å². The number of aromatic nitrogens is 1. The number of carbonyl (C=O) groups is 3. The molecule has 1 saturated heterocycles. The van der Waals surface area contributed by atoms with E-state index in [1.165, 1.54) is 33.6 Å². The first-order chi connectivity index (χ1) is 16.0. The lowest BCUT2D eigenvalue weighted by atomic mass is 9.81. The van der Waals surface area contributed by atoms with E-state index in [9.17, 15) is 14.4 Å². The molecule has 1 saturated carbocycles. The second-order valence-electron chi connectivity index (χ2n) is 8.53. The molecule has 0 radical (unpaired) electrons. The Bertz CT molecular complexity index is 1200. The van der Waals surface area contributed by atoms with Gasteiger partial charge >= 0.3 is 0 Å². The molecule has 8 heteroatoms. The summed E-state index contributed by atoms with van der Waals surface area (Å²) in [5.41, 5.74) is 3.44. The van der Waals surface area contributed by atoms with Crippen LogP contribution in [-0.2, 0) is 20.8 Å². The van der Waals surface area contributed by atoms with Crippen molar-refractivity contribution in [1.82, 2.24) is 4.98 Å². The molecular formula is C25H25N3O3S2. The lowest BCUT2D eigenvalue weighted by Crippen LogP contribution is -2.30. The lowest BCUT2D eigenvalue weighted by molar-refractivity contribution is -0.122. The number of hydrogen-bond acceptors (Lipinski definition) is 6. The average Bonchev–Trinajstić information content (AvgIpc) is 3.36. The first kappa shape index (κ1) is 22.1. The van der Waals surface area contributed by atoms with Gasteiger partial charge in [0.25, 0.3) is 0 Å². The number of benzene rings is 2.